The van der Waals surface area contributed by atoms with E-state index in [0.717, 1.165) is 37.6 Å². The number of para-hydroxylation sites is 1. The van der Waals surface area contributed by atoms with Crippen molar-refractivity contribution in [1.82, 2.24) is 19.7 Å². The number of benzene rings is 2. The van der Waals surface area contributed by atoms with Crippen LogP contribution in [-0.4, -0.2) is 63.1 Å². The van der Waals surface area contributed by atoms with Gasteiger partial charge in [-0.25, -0.2) is 4.68 Å². The lowest BCUT2D eigenvalue weighted by molar-refractivity contribution is 0.0345. The van der Waals surface area contributed by atoms with E-state index in [1.807, 2.05) is 44.2 Å². The first-order valence-corrected chi connectivity index (χ1v) is 10.4. The molecule has 2 aromatic carbocycles. The van der Waals surface area contributed by atoms with Crippen molar-refractivity contribution in [2.75, 3.05) is 42.9 Å². The third-order valence-electron chi connectivity index (χ3n) is 5.18. The number of rotatable bonds is 6. The number of aryl methyl sites for hydroxylation is 1. The first-order chi connectivity index (χ1) is 14.4. The quantitative estimate of drug-likeness (QED) is 0.655. The highest BCUT2D eigenvalue weighted by atomic mass is 16.3. The number of piperazine rings is 1. The number of hydrogen-bond acceptors (Lipinski definition) is 6. The molecule has 7 heteroatoms. The molecule has 0 unspecified atom stereocenters. The Morgan fingerprint density at radius 3 is 2.43 bits per heavy atom. The van der Waals surface area contributed by atoms with Crippen LogP contribution in [0.2, 0.25) is 0 Å². The second kappa shape index (κ2) is 8.45. The maximum absolute atomic E-state index is 10.1. The second-order valence-electron chi connectivity index (χ2n) is 8.61. The third kappa shape index (κ3) is 5.17. The maximum atomic E-state index is 10.1. The van der Waals surface area contributed by atoms with Gasteiger partial charge in [-0.3, -0.25) is 4.90 Å². The summed E-state index contributed by atoms with van der Waals surface area (Å²) in [7, 11) is 0. The lowest BCUT2D eigenvalue weighted by Crippen LogP contribution is -2.50. The van der Waals surface area contributed by atoms with Gasteiger partial charge in [0.1, 0.15) is 6.33 Å². The highest BCUT2D eigenvalue weighted by molar-refractivity contribution is 5.64. The van der Waals surface area contributed by atoms with Crippen molar-refractivity contribution >= 4 is 17.3 Å². The van der Waals surface area contributed by atoms with Gasteiger partial charge in [0.2, 0.25) is 5.95 Å². The molecule has 30 heavy (non-hydrogen) atoms. The Hall–Kier alpha value is -2.90. The highest BCUT2D eigenvalue weighted by Crippen LogP contribution is 2.25. The van der Waals surface area contributed by atoms with Crippen LogP contribution < -0.4 is 10.2 Å². The average molecular weight is 407 g/mol. The zero-order chi connectivity index (χ0) is 21.1. The first kappa shape index (κ1) is 20.4. The Morgan fingerprint density at radius 1 is 1.00 bits per heavy atom. The number of aromatic nitrogens is 3. The smallest absolute Gasteiger partial charge is 0.246 e. The van der Waals surface area contributed by atoms with Gasteiger partial charge in [-0.15, -0.1) is 5.10 Å². The van der Waals surface area contributed by atoms with Gasteiger partial charge < -0.3 is 15.3 Å². The summed E-state index contributed by atoms with van der Waals surface area (Å²) in [6, 6.07) is 16.4. The summed E-state index contributed by atoms with van der Waals surface area (Å²) in [6.07, 6.45) is 1.72. The van der Waals surface area contributed by atoms with Crippen molar-refractivity contribution in [3.8, 4) is 5.69 Å². The standard InChI is InChI=1S/C23H30N6O/c1-18-13-19(25-22-24-17-29(26-22)20-7-5-4-6-8-20)15-21(14-18)28-11-9-27(10-12-28)16-23(2,3)30/h4-8,13-15,17,30H,9-12,16H2,1-3H3,(H,25,26). The summed E-state index contributed by atoms with van der Waals surface area (Å²) < 4.78 is 1.76. The minimum Gasteiger partial charge on any atom is -0.389 e. The lowest BCUT2D eigenvalue weighted by atomic mass is 10.1. The summed E-state index contributed by atoms with van der Waals surface area (Å²) in [5, 5.41) is 17.9. The van der Waals surface area contributed by atoms with Crippen LogP contribution in [0.1, 0.15) is 19.4 Å². The molecule has 0 bridgehead atoms. The van der Waals surface area contributed by atoms with E-state index in [0.29, 0.717) is 12.5 Å². The number of anilines is 3. The second-order valence-corrected chi connectivity index (χ2v) is 8.61. The number of hydrogen-bond donors (Lipinski definition) is 2. The van der Waals surface area contributed by atoms with Crippen LogP contribution in [-0.2, 0) is 0 Å². The van der Waals surface area contributed by atoms with E-state index >= 15 is 0 Å². The van der Waals surface area contributed by atoms with Gasteiger partial charge in [-0.1, -0.05) is 18.2 Å². The third-order valence-corrected chi connectivity index (χ3v) is 5.18. The summed E-state index contributed by atoms with van der Waals surface area (Å²) in [6.45, 7) is 10.3. The minimum atomic E-state index is -0.654. The van der Waals surface area contributed by atoms with Gasteiger partial charge in [-0.05, 0) is 56.7 Å². The highest BCUT2D eigenvalue weighted by Gasteiger charge is 2.23. The van der Waals surface area contributed by atoms with E-state index in [-0.39, 0.29) is 0 Å². The van der Waals surface area contributed by atoms with Crippen LogP contribution in [0.15, 0.2) is 54.9 Å². The van der Waals surface area contributed by atoms with Gasteiger partial charge in [0, 0.05) is 44.1 Å². The molecule has 1 aliphatic rings. The van der Waals surface area contributed by atoms with E-state index in [1.165, 1.54) is 11.3 Å². The van der Waals surface area contributed by atoms with E-state index in [1.54, 1.807) is 11.0 Å². The van der Waals surface area contributed by atoms with Crippen LogP contribution >= 0.6 is 0 Å². The number of β-amino-alcohol motifs (C(OH)–C–C–N with tert-alkyl or cyclic N) is 1. The Labute approximate surface area is 178 Å². The average Bonchev–Trinajstić information content (AvgIpc) is 3.16. The van der Waals surface area contributed by atoms with Crippen molar-refractivity contribution in [2.45, 2.75) is 26.4 Å². The van der Waals surface area contributed by atoms with Gasteiger partial charge in [0.15, 0.2) is 0 Å². The zero-order valence-corrected chi connectivity index (χ0v) is 17.9. The summed E-state index contributed by atoms with van der Waals surface area (Å²) >= 11 is 0. The molecular formula is C23H30N6O. The van der Waals surface area contributed by atoms with Crippen molar-refractivity contribution in [3.05, 3.63) is 60.4 Å². The molecule has 0 amide bonds. The van der Waals surface area contributed by atoms with E-state index in [2.05, 4.69) is 50.3 Å². The molecule has 1 aliphatic heterocycles. The number of aliphatic hydroxyl groups is 1. The molecule has 0 spiro atoms. The molecule has 4 rings (SSSR count). The monoisotopic (exact) mass is 406 g/mol. The van der Waals surface area contributed by atoms with E-state index in [4.69, 9.17) is 0 Å². The SMILES string of the molecule is Cc1cc(Nc2ncn(-c3ccccc3)n2)cc(N2CCN(CC(C)(C)O)CC2)c1. The van der Waals surface area contributed by atoms with Crippen molar-refractivity contribution in [1.29, 1.82) is 0 Å². The predicted octanol–water partition coefficient (Wildman–Crippen LogP) is 3.21. The Balaban J connectivity index is 1.44. The number of nitrogens with zero attached hydrogens (tertiary/aromatic N) is 5. The summed E-state index contributed by atoms with van der Waals surface area (Å²) in [4.78, 5) is 9.12. The van der Waals surface area contributed by atoms with Gasteiger partial charge in [0.05, 0.1) is 11.3 Å². The van der Waals surface area contributed by atoms with Crippen LogP contribution in [0.4, 0.5) is 17.3 Å². The molecule has 3 aromatic rings. The van der Waals surface area contributed by atoms with Crippen LogP contribution in [0, 0.1) is 6.92 Å². The van der Waals surface area contributed by atoms with Gasteiger partial charge in [-0.2, -0.15) is 4.98 Å². The fourth-order valence-electron chi connectivity index (χ4n) is 3.88. The Morgan fingerprint density at radius 2 is 1.73 bits per heavy atom. The van der Waals surface area contributed by atoms with Crippen molar-refractivity contribution in [2.24, 2.45) is 0 Å². The Bertz CT molecular complexity index is 971. The first-order valence-electron chi connectivity index (χ1n) is 10.4. The fourth-order valence-corrected chi connectivity index (χ4v) is 3.88. The van der Waals surface area contributed by atoms with Crippen LogP contribution in [0.3, 0.4) is 0 Å². The van der Waals surface area contributed by atoms with Crippen molar-refractivity contribution in [3.63, 3.8) is 0 Å². The number of nitrogens with one attached hydrogen (secondary N) is 1. The Kier molecular flexibility index (Phi) is 5.74. The topological polar surface area (TPSA) is 69.5 Å². The van der Waals surface area contributed by atoms with Crippen LogP contribution in [0.25, 0.3) is 5.69 Å². The summed E-state index contributed by atoms with van der Waals surface area (Å²) in [5.41, 5.74) is 3.69. The molecule has 0 aliphatic carbocycles. The van der Waals surface area contributed by atoms with Gasteiger partial charge >= 0.3 is 0 Å². The normalized spacial score (nSPS) is 15.4. The molecular weight excluding hydrogens is 376 g/mol. The molecule has 0 saturated carbocycles. The molecule has 2 heterocycles. The lowest BCUT2D eigenvalue weighted by Gasteiger charge is -2.38. The molecule has 1 fully saturated rings. The molecule has 158 valence electrons. The zero-order valence-electron chi connectivity index (χ0n) is 17.9. The molecule has 1 saturated heterocycles. The molecule has 2 N–H and O–H groups in total. The molecule has 0 atom stereocenters. The predicted molar refractivity (Wildman–Crippen MR) is 121 cm³/mol. The fraction of sp³-hybridized carbons (Fsp3) is 0.391. The van der Waals surface area contributed by atoms with E-state index in [9.17, 15) is 5.11 Å². The molecule has 7 nitrogen and oxygen atoms in total. The largest absolute Gasteiger partial charge is 0.389 e. The van der Waals surface area contributed by atoms with Crippen molar-refractivity contribution < 1.29 is 5.11 Å². The maximum Gasteiger partial charge on any atom is 0.246 e. The minimum absolute atomic E-state index is 0.574. The molecule has 0 radical (unpaired) electrons. The van der Waals surface area contributed by atoms with E-state index < -0.39 is 5.60 Å². The summed E-state index contributed by atoms with van der Waals surface area (Å²) in [5.74, 6) is 0.574. The van der Waals surface area contributed by atoms with Gasteiger partial charge in [0.25, 0.3) is 0 Å². The molecule has 1 aromatic heterocycles. The van der Waals surface area contributed by atoms with Crippen LogP contribution in [0.5, 0.6) is 0 Å².